The summed E-state index contributed by atoms with van der Waals surface area (Å²) in [5, 5.41) is 20.4. The van der Waals surface area contributed by atoms with Crippen molar-refractivity contribution in [2.45, 2.75) is 109 Å². The maximum absolute atomic E-state index is 16.0. The first-order valence-corrected chi connectivity index (χ1v) is 23.9. The van der Waals surface area contributed by atoms with Gasteiger partial charge >= 0.3 is 0 Å². The topological polar surface area (TPSA) is 127 Å². The highest BCUT2D eigenvalue weighted by atomic mass is 28.4. The number of anilines is 1. The van der Waals surface area contributed by atoms with Crippen molar-refractivity contribution < 1.29 is 33.1 Å². The predicted octanol–water partition coefficient (Wildman–Crippen LogP) is 9.08. The van der Waals surface area contributed by atoms with Crippen molar-refractivity contribution in [1.82, 2.24) is 15.4 Å². The number of nitrogens with zero attached hydrogens (tertiary/aromatic N) is 3. The number of carbonyl (C=O) groups is 2. The summed E-state index contributed by atoms with van der Waals surface area (Å²) in [4.78, 5) is 35.8. The number of rotatable bonds is 12. The molecule has 2 N–H and O–H groups in total. The van der Waals surface area contributed by atoms with Crippen molar-refractivity contribution in [3.63, 3.8) is 0 Å². The number of Topliss-reactive ketones (excluding diaryl/α,β-unsaturated/α-hetero) is 2. The molecular weight excluding hydrogens is 773 g/mol. The maximum Gasteiger partial charge on any atom is 0.265 e. The molecule has 3 aliphatic rings. The highest BCUT2D eigenvalue weighted by Gasteiger charge is 2.69. The highest BCUT2D eigenvalue weighted by molar-refractivity contribution is 6.74. The van der Waals surface area contributed by atoms with Gasteiger partial charge in [0.25, 0.3) is 5.88 Å². The van der Waals surface area contributed by atoms with Crippen LogP contribution in [0.15, 0.2) is 76.8 Å². The molecule has 0 radical (unpaired) electrons. The minimum atomic E-state index is -2.91. The quantitative estimate of drug-likeness (QED) is 0.105. The Bertz CT molecular complexity index is 2290. The minimum absolute atomic E-state index is 0.0214. The van der Waals surface area contributed by atoms with E-state index < -0.39 is 43.4 Å². The average Bonchev–Trinajstić information content (AvgIpc) is 3.59. The van der Waals surface area contributed by atoms with E-state index in [-0.39, 0.29) is 46.6 Å². The fourth-order valence-corrected chi connectivity index (χ4v) is 10.4. The first kappa shape index (κ1) is 43.3. The second-order valence-corrected chi connectivity index (χ2v) is 24.4. The lowest BCUT2D eigenvalue weighted by atomic mass is 9.57. The van der Waals surface area contributed by atoms with E-state index in [2.05, 4.69) is 70.0 Å². The number of ketones is 2. The Labute approximate surface area is 356 Å². The number of hydrogen-bond acceptors (Lipinski definition) is 11. The molecule has 0 aliphatic heterocycles. The number of nitrogens with one attached hydrogen (secondary N) is 1. The number of hydrogen-bond donors (Lipinski definition) is 2. The lowest BCUT2D eigenvalue weighted by Crippen LogP contribution is -2.68. The Kier molecular flexibility index (Phi) is 11.5. The van der Waals surface area contributed by atoms with Crippen molar-refractivity contribution in [3.05, 3.63) is 111 Å². The van der Waals surface area contributed by atoms with E-state index in [1.165, 1.54) is 0 Å². The Hall–Kier alpha value is -4.75. The van der Waals surface area contributed by atoms with Crippen LogP contribution in [0.4, 0.5) is 5.69 Å². The molecule has 320 valence electrons. The van der Waals surface area contributed by atoms with Crippen LogP contribution >= 0.6 is 0 Å². The van der Waals surface area contributed by atoms with E-state index in [0.717, 1.165) is 27.9 Å². The molecule has 3 aliphatic carbocycles. The highest BCUT2D eigenvalue weighted by Crippen LogP contribution is 2.59. The maximum atomic E-state index is 16.0. The summed E-state index contributed by atoms with van der Waals surface area (Å²) in [5.41, 5.74) is 3.35. The zero-order valence-corrected chi connectivity index (χ0v) is 38.4. The van der Waals surface area contributed by atoms with Gasteiger partial charge in [-0.3, -0.25) is 14.5 Å². The molecule has 0 spiro atoms. The van der Waals surface area contributed by atoms with Gasteiger partial charge in [-0.25, -0.2) is 0 Å². The summed E-state index contributed by atoms with van der Waals surface area (Å²) in [6, 6.07) is 20.9. The number of aliphatic hydroxyl groups excluding tert-OH is 1. The van der Waals surface area contributed by atoms with E-state index in [1.54, 1.807) is 0 Å². The summed E-state index contributed by atoms with van der Waals surface area (Å²) in [6.07, 6.45) is 0.806. The molecular formula is C48H62N4O7Si. The molecule has 1 heterocycles. The first-order chi connectivity index (χ1) is 28.2. The molecule has 1 fully saturated rings. The lowest BCUT2D eigenvalue weighted by molar-refractivity contribution is -0.140. The molecule has 1 saturated carbocycles. The summed E-state index contributed by atoms with van der Waals surface area (Å²) in [6.45, 7) is 17.7. The van der Waals surface area contributed by atoms with Gasteiger partial charge in [0.1, 0.15) is 30.3 Å². The van der Waals surface area contributed by atoms with Gasteiger partial charge in [0.15, 0.2) is 19.7 Å². The van der Waals surface area contributed by atoms with Gasteiger partial charge in [0.2, 0.25) is 11.6 Å². The SMILES string of the molecule is CN(C)c1c(CNC(C)(C)C)cc(OCc2ccccc2)c2c1C[C@H]1C[C@H]3[C@H](N(C)C)c4onc(OCc5ccccc5)c4C(=O)C3(O[Si](C)(C)C(C)(C)C)C(=O)C1=C2O. The first-order valence-electron chi connectivity index (χ1n) is 21.0. The number of aliphatic hydroxyl groups is 1. The average molecular weight is 835 g/mol. The molecule has 60 heavy (non-hydrogen) atoms. The molecule has 0 saturated heterocycles. The van der Waals surface area contributed by atoms with Gasteiger partial charge < -0.3 is 33.7 Å². The summed E-state index contributed by atoms with van der Waals surface area (Å²) < 4.78 is 26.3. The van der Waals surface area contributed by atoms with Crippen LogP contribution in [-0.2, 0) is 35.4 Å². The van der Waals surface area contributed by atoms with Gasteiger partial charge in [-0.05, 0) is 105 Å². The number of fused-ring (bicyclic) bond motifs is 4. The Morgan fingerprint density at radius 2 is 1.48 bits per heavy atom. The number of aromatic nitrogens is 1. The third-order valence-electron chi connectivity index (χ3n) is 12.8. The largest absolute Gasteiger partial charge is 0.507 e. The van der Waals surface area contributed by atoms with Crippen molar-refractivity contribution in [2.24, 2.45) is 11.8 Å². The van der Waals surface area contributed by atoms with Crippen LogP contribution in [0.2, 0.25) is 18.1 Å². The number of benzene rings is 3. The number of ether oxygens (including phenoxy) is 2. The van der Waals surface area contributed by atoms with Crippen LogP contribution < -0.4 is 19.7 Å². The van der Waals surface area contributed by atoms with Crippen LogP contribution in [0.1, 0.15) is 97.9 Å². The van der Waals surface area contributed by atoms with Gasteiger partial charge in [0.05, 0.1) is 11.6 Å². The molecule has 12 heteroatoms. The molecule has 0 bridgehead atoms. The van der Waals surface area contributed by atoms with Crippen molar-refractivity contribution in [1.29, 1.82) is 0 Å². The zero-order valence-electron chi connectivity index (χ0n) is 37.4. The molecule has 7 rings (SSSR count). The van der Waals surface area contributed by atoms with E-state index in [4.69, 9.17) is 18.4 Å². The fraction of sp³-hybridized carbons (Fsp3) is 0.479. The summed E-state index contributed by atoms with van der Waals surface area (Å²) >= 11 is 0. The van der Waals surface area contributed by atoms with Crippen molar-refractivity contribution in [2.75, 3.05) is 33.1 Å². The molecule has 1 unspecified atom stereocenters. The van der Waals surface area contributed by atoms with Gasteiger partial charge in [0, 0.05) is 43.4 Å². The standard InChI is InChI=1S/C48H62N4O7Si/c1-46(2,3)49-26-32-25-35(56-27-29-19-15-13-16-20-29)37-33(39(32)51(7)8)23-31-24-34-40(52(9)10)42-38(45(50-58-42)57-28-30-21-17-14-18-22-30)44(55)48(34,43(54)36(31)41(37)53)59-60(11,12)47(4,5)6/h13-22,25,31,34,40,49,53H,23-24,26-28H2,1-12H3/t31-,34-,40-,48?/m0/s1. The summed E-state index contributed by atoms with van der Waals surface area (Å²) in [5.74, 6) is -1.49. The molecule has 11 nitrogen and oxygen atoms in total. The second kappa shape index (κ2) is 15.9. The smallest absolute Gasteiger partial charge is 0.265 e. The summed E-state index contributed by atoms with van der Waals surface area (Å²) in [7, 11) is 4.95. The van der Waals surface area contributed by atoms with Gasteiger partial charge in [-0.15, -0.1) is 0 Å². The van der Waals surface area contributed by atoms with Gasteiger partial charge in [-0.2, -0.15) is 0 Å². The van der Waals surface area contributed by atoms with Crippen molar-refractivity contribution in [3.8, 4) is 11.6 Å². The molecule has 4 aromatic rings. The fourth-order valence-electron chi connectivity index (χ4n) is 8.96. The van der Waals surface area contributed by atoms with Crippen LogP contribution in [0, 0.1) is 11.8 Å². The van der Waals surface area contributed by atoms with E-state index in [1.807, 2.05) is 99.8 Å². The third-order valence-corrected chi connectivity index (χ3v) is 17.3. The predicted molar refractivity (Wildman–Crippen MR) is 237 cm³/mol. The Morgan fingerprint density at radius 3 is 2.03 bits per heavy atom. The molecule has 1 aromatic heterocycles. The van der Waals surface area contributed by atoms with Crippen LogP contribution in [-0.4, -0.2) is 74.4 Å². The van der Waals surface area contributed by atoms with E-state index in [9.17, 15) is 5.11 Å². The van der Waals surface area contributed by atoms with Crippen LogP contribution in [0.5, 0.6) is 11.6 Å². The Morgan fingerprint density at radius 1 is 0.883 bits per heavy atom. The second-order valence-electron chi connectivity index (χ2n) is 19.7. The van der Waals surface area contributed by atoms with Crippen LogP contribution in [0.25, 0.3) is 5.76 Å². The van der Waals surface area contributed by atoms with Gasteiger partial charge in [-0.1, -0.05) is 81.4 Å². The zero-order chi connectivity index (χ0) is 43.5. The molecule has 4 atom stereocenters. The molecule has 3 aromatic carbocycles. The lowest BCUT2D eigenvalue weighted by Gasteiger charge is -2.55. The Balaban J connectivity index is 1.44. The normalized spacial score (nSPS) is 21.6. The monoisotopic (exact) mass is 834 g/mol. The van der Waals surface area contributed by atoms with Crippen molar-refractivity contribution >= 4 is 31.3 Å². The minimum Gasteiger partial charge on any atom is -0.507 e. The number of carbonyl (C=O) groups excluding carboxylic acids is 2. The third kappa shape index (κ3) is 7.72. The van der Waals surface area contributed by atoms with Crippen LogP contribution in [0.3, 0.4) is 0 Å². The molecule has 0 amide bonds. The van der Waals surface area contributed by atoms with E-state index in [0.29, 0.717) is 36.5 Å². The van der Waals surface area contributed by atoms with E-state index >= 15 is 9.59 Å².